The van der Waals surface area contributed by atoms with Gasteiger partial charge < -0.3 is 0 Å². The molecule has 0 atom stereocenters. The minimum absolute atomic E-state index is 0.210. The molecule has 2 rings (SSSR count). The lowest BCUT2D eigenvalue weighted by atomic mass is 10.1. The van der Waals surface area contributed by atoms with E-state index in [0.717, 1.165) is 6.20 Å². The summed E-state index contributed by atoms with van der Waals surface area (Å²) in [5, 5.41) is 0.210. The highest BCUT2D eigenvalue weighted by Crippen LogP contribution is 2.25. The van der Waals surface area contributed by atoms with Crippen molar-refractivity contribution in [2.45, 2.75) is 0 Å². The van der Waals surface area contributed by atoms with E-state index in [2.05, 4.69) is 4.98 Å². The third kappa shape index (κ3) is 2.13. The SMILES string of the molecule is Fc1ccc(-c2ncc(F)cc2Cl)cc1. The van der Waals surface area contributed by atoms with E-state index < -0.39 is 5.82 Å². The summed E-state index contributed by atoms with van der Waals surface area (Å²) in [6.45, 7) is 0. The van der Waals surface area contributed by atoms with Crippen LogP contribution in [0.5, 0.6) is 0 Å². The average molecular weight is 226 g/mol. The summed E-state index contributed by atoms with van der Waals surface area (Å²) in [5.41, 5.74) is 1.10. The van der Waals surface area contributed by atoms with Crippen molar-refractivity contribution in [3.05, 3.63) is 53.2 Å². The molecule has 0 amide bonds. The van der Waals surface area contributed by atoms with E-state index in [0.29, 0.717) is 11.3 Å². The first-order chi connectivity index (χ1) is 7.16. The molecular weight excluding hydrogens is 220 g/mol. The molecule has 0 aliphatic heterocycles. The van der Waals surface area contributed by atoms with Gasteiger partial charge in [0.2, 0.25) is 0 Å². The molecule has 1 aromatic carbocycles. The summed E-state index contributed by atoms with van der Waals surface area (Å²) in [7, 11) is 0. The van der Waals surface area contributed by atoms with Gasteiger partial charge in [0, 0.05) is 5.56 Å². The van der Waals surface area contributed by atoms with E-state index in [1.54, 1.807) is 12.1 Å². The molecule has 0 radical (unpaired) electrons. The molecular formula is C11H6ClF2N. The molecule has 0 bridgehead atoms. The lowest BCUT2D eigenvalue weighted by Gasteiger charge is -2.02. The molecule has 0 fully saturated rings. The third-order valence-electron chi connectivity index (χ3n) is 1.93. The first-order valence-electron chi connectivity index (χ1n) is 4.24. The Bertz CT molecular complexity index is 482. The fourth-order valence-electron chi connectivity index (χ4n) is 1.23. The van der Waals surface area contributed by atoms with E-state index in [1.807, 2.05) is 0 Å². The Hall–Kier alpha value is -1.48. The Balaban J connectivity index is 2.49. The lowest BCUT2D eigenvalue weighted by Crippen LogP contribution is -1.87. The van der Waals surface area contributed by atoms with Gasteiger partial charge >= 0.3 is 0 Å². The van der Waals surface area contributed by atoms with Crippen LogP contribution >= 0.6 is 11.6 Å². The predicted octanol–water partition coefficient (Wildman–Crippen LogP) is 3.68. The van der Waals surface area contributed by atoms with Gasteiger partial charge in [-0.3, -0.25) is 4.98 Å². The van der Waals surface area contributed by atoms with E-state index in [-0.39, 0.29) is 10.8 Å². The van der Waals surface area contributed by atoms with Crippen molar-refractivity contribution < 1.29 is 8.78 Å². The molecule has 0 aliphatic carbocycles. The number of rotatable bonds is 1. The van der Waals surface area contributed by atoms with Crippen LogP contribution in [-0.4, -0.2) is 4.98 Å². The van der Waals surface area contributed by atoms with Crippen molar-refractivity contribution in [2.75, 3.05) is 0 Å². The molecule has 76 valence electrons. The number of halogens is 3. The molecule has 0 saturated heterocycles. The summed E-state index contributed by atoms with van der Waals surface area (Å²) in [6, 6.07) is 6.86. The van der Waals surface area contributed by atoms with Crippen molar-refractivity contribution in [3.8, 4) is 11.3 Å². The maximum Gasteiger partial charge on any atom is 0.143 e. The number of hydrogen-bond donors (Lipinski definition) is 0. The number of hydrogen-bond acceptors (Lipinski definition) is 1. The van der Waals surface area contributed by atoms with Gasteiger partial charge in [0.05, 0.1) is 16.9 Å². The summed E-state index contributed by atoms with van der Waals surface area (Å²) in [5.74, 6) is -0.831. The number of benzene rings is 1. The van der Waals surface area contributed by atoms with Crippen LogP contribution < -0.4 is 0 Å². The maximum absolute atomic E-state index is 12.7. The van der Waals surface area contributed by atoms with Crippen LogP contribution in [0.15, 0.2) is 36.5 Å². The zero-order valence-electron chi connectivity index (χ0n) is 7.55. The summed E-state index contributed by atoms with van der Waals surface area (Å²) < 4.78 is 25.4. The van der Waals surface area contributed by atoms with Gasteiger partial charge in [-0.15, -0.1) is 0 Å². The minimum atomic E-state index is -0.495. The number of aromatic nitrogens is 1. The van der Waals surface area contributed by atoms with E-state index in [1.165, 1.54) is 18.2 Å². The van der Waals surface area contributed by atoms with Crippen molar-refractivity contribution in [1.29, 1.82) is 0 Å². The van der Waals surface area contributed by atoms with E-state index in [9.17, 15) is 8.78 Å². The van der Waals surface area contributed by atoms with Crippen molar-refractivity contribution in [2.24, 2.45) is 0 Å². The highest BCUT2D eigenvalue weighted by Gasteiger charge is 2.06. The quantitative estimate of drug-likeness (QED) is 0.722. The van der Waals surface area contributed by atoms with Crippen LogP contribution in [0.4, 0.5) is 8.78 Å². The molecule has 4 heteroatoms. The minimum Gasteiger partial charge on any atom is -0.252 e. The average Bonchev–Trinajstić information content (AvgIpc) is 2.20. The molecule has 0 unspecified atom stereocenters. The first-order valence-corrected chi connectivity index (χ1v) is 4.61. The smallest absolute Gasteiger partial charge is 0.143 e. The summed E-state index contributed by atoms with van der Waals surface area (Å²) >= 11 is 5.81. The standard InChI is InChI=1S/C11H6ClF2N/c12-10-5-9(14)6-15-11(10)7-1-3-8(13)4-2-7/h1-6H. The van der Waals surface area contributed by atoms with E-state index in [4.69, 9.17) is 11.6 Å². The van der Waals surface area contributed by atoms with Gasteiger partial charge in [-0.1, -0.05) is 11.6 Å². The molecule has 0 saturated carbocycles. The van der Waals surface area contributed by atoms with Crippen LogP contribution in [0.25, 0.3) is 11.3 Å². The van der Waals surface area contributed by atoms with Gasteiger partial charge in [-0.25, -0.2) is 8.78 Å². The molecule has 15 heavy (non-hydrogen) atoms. The number of pyridine rings is 1. The van der Waals surface area contributed by atoms with Crippen molar-refractivity contribution >= 4 is 11.6 Å². The largest absolute Gasteiger partial charge is 0.252 e. The van der Waals surface area contributed by atoms with Gasteiger partial charge in [-0.2, -0.15) is 0 Å². The van der Waals surface area contributed by atoms with Gasteiger partial charge in [0.25, 0.3) is 0 Å². The molecule has 0 spiro atoms. The van der Waals surface area contributed by atoms with Crippen molar-refractivity contribution in [1.82, 2.24) is 4.98 Å². The zero-order chi connectivity index (χ0) is 10.8. The molecule has 0 aliphatic rings. The topological polar surface area (TPSA) is 12.9 Å². The third-order valence-corrected chi connectivity index (χ3v) is 2.21. The second kappa shape index (κ2) is 3.95. The van der Waals surface area contributed by atoms with Crippen molar-refractivity contribution in [3.63, 3.8) is 0 Å². The van der Waals surface area contributed by atoms with Crippen LogP contribution in [-0.2, 0) is 0 Å². The highest BCUT2D eigenvalue weighted by atomic mass is 35.5. The van der Waals surface area contributed by atoms with Crippen LogP contribution in [0, 0.1) is 11.6 Å². The van der Waals surface area contributed by atoms with Crippen LogP contribution in [0.3, 0.4) is 0 Å². The Morgan fingerprint density at radius 1 is 1.00 bits per heavy atom. The predicted molar refractivity (Wildman–Crippen MR) is 54.6 cm³/mol. The Kier molecular flexibility index (Phi) is 2.64. The summed E-state index contributed by atoms with van der Waals surface area (Å²) in [4.78, 5) is 3.85. The lowest BCUT2D eigenvalue weighted by molar-refractivity contribution is 0.621. The molecule has 0 N–H and O–H groups in total. The fraction of sp³-hybridized carbons (Fsp3) is 0. The van der Waals surface area contributed by atoms with Gasteiger partial charge in [0.1, 0.15) is 11.6 Å². The monoisotopic (exact) mass is 225 g/mol. The normalized spacial score (nSPS) is 10.3. The van der Waals surface area contributed by atoms with Crippen LogP contribution in [0.1, 0.15) is 0 Å². The Morgan fingerprint density at radius 3 is 2.27 bits per heavy atom. The first kappa shape index (κ1) is 10.1. The highest BCUT2D eigenvalue weighted by molar-refractivity contribution is 6.33. The molecule has 2 aromatic rings. The van der Waals surface area contributed by atoms with Gasteiger partial charge in [-0.05, 0) is 30.3 Å². The Morgan fingerprint density at radius 2 is 1.67 bits per heavy atom. The second-order valence-corrected chi connectivity index (χ2v) is 3.40. The Labute approximate surface area is 90.3 Å². The van der Waals surface area contributed by atoms with Crippen LogP contribution in [0.2, 0.25) is 5.02 Å². The van der Waals surface area contributed by atoms with E-state index >= 15 is 0 Å². The second-order valence-electron chi connectivity index (χ2n) is 2.99. The van der Waals surface area contributed by atoms with Gasteiger partial charge in [0.15, 0.2) is 0 Å². The molecule has 1 nitrogen and oxygen atoms in total. The zero-order valence-corrected chi connectivity index (χ0v) is 8.30. The number of nitrogens with zero attached hydrogens (tertiary/aromatic N) is 1. The summed E-state index contributed by atoms with van der Waals surface area (Å²) in [6.07, 6.45) is 1.07. The molecule has 1 heterocycles. The maximum atomic E-state index is 12.7. The molecule has 1 aromatic heterocycles. The fourth-order valence-corrected chi connectivity index (χ4v) is 1.50.